The predicted octanol–water partition coefficient (Wildman–Crippen LogP) is 2.14. The maximum absolute atomic E-state index is 11.5. The molecule has 5 nitrogen and oxygen atoms in total. The molecule has 0 bridgehead atoms. The molecule has 1 aromatic carbocycles. The van der Waals surface area contributed by atoms with Gasteiger partial charge >= 0.3 is 0 Å². The van der Waals surface area contributed by atoms with Gasteiger partial charge in [-0.25, -0.2) is 5.43 Å². The molecule has 0 heterocycles. The maximum atomic E-state index is 11.5. The van der Waals surface area contributed by atoms with E-state index in [1.165, 1.54) is 6.21 Å². The maximum Gasteiger partial charge on any atom is 0.273 e. The van der Waals surface area contributed by atoms with Crippen LogP contribution in [-0.4, -0.2) is 22.3 Å². The van der Waals surface area contributed by atoms with Crippen LogP contribution in [0.3, 0.4) is 0 Å². The van der Waals surface area contributed by atoms with Crippen LogP contribution in [0.25, 0.3) is 0 Å². The van der Waals surface area contributed by atoms with E-state index in [0.29, 0.717) is 0 Å². The fraction of sp³-hybridized carbons (Fsp3) is 0.111. The Morgan fingerprint density at radius 2 is 2.06 bits per heavy atom. The van der Waals surface area contributed by atoms with Crippen molar-refractivity contribution in [2.24, 2.45) is 5.10 Å². The summed E-state index contributed by atoms with van der Waals surface area (Å²) in [6.07, 6.45) is 1.37. The molecule has 0 aliphatic rings. The van der Waals surface area contributed by atoms with E-state index in [1.807, 2.05) is 0 Å². The molecule has 16 heavy (non-hydrogen) atoms. The summed E-state index contributed by atoms with van der Waals surface area (Å²) in [4.78, 5) is 11.5. The average Bonchev–Trinajstić information content (AvgIpc) is 2.28. The molecule has 0 fully saturated rings. The first-order valence-electron chi connectivity index (χ1n) is 4.17. The van der Waals surface area contributed by atoms with Crippen molar-refractivity contribution < 1.29 is 15.0 Å². The Labute approximate surface area is 101 Å². The monoisotopic (exact) mass is 262 g/mol. The van der Waals surface area contributed by atoms with Crippen molar-refractivity contribution >= 4 is 35.3 Å². The Morgan fingerprint density at radius 1 is 1.44 bits per heavy atom. The second kappa shape index (κ2) is 5.05. The first-order chi connectivity index (χ1) is 7.49. The van der Waals surface area contributed by atoms with Gasteiger partial charge in [0.25, 0.3) is 5.91 Å². The number of aromatic hydroxyl groups is 2. The lowest BCUT2D eigenvalue weighted by atomic mass is 10.2. The molecule has 86 valence electrons. The molecule has 7 heteroatoms. The van der Waals surface area contributed by atoms with E-state index in [4.69, 9.17) is 23.2 Å². The highest BCUT2D eigenvalue weighted by molar-refractivity contribution is 6.38. The van der Waals surface area contributed by atoms with Crippen LogP contribution in [0.1, 0.15) is 17.3 Å². The summed E-state index contributed by atoms with van der Waals surface area (Å²) in [5.74, 6) is -1.85. The van der Waals surface area contributed by atoms with Crippen molar-refractivity contribution in [3.8, 4) is 11.5 Å². The molecule has 0 aliphatic carbocycles. The standard InChI is InChI=1S/C9H8Cl2N2O3/c1-2-12-13-9(16)4-3-5(10)7(14)8(15)6(4)11/h2-3,14-15H,1H3,(H,13,16)/b12-2+. The first-order valence-corrected chi connectivity index (χ1v) is 4.92. The summed E-state index contributed by atoms with van der Waals surface area (Å²) >= 11 is 11.2. The number of hydrogen-bond acceptors (Lipinski definition) is 4. The lowest BCUT2D eigenvalue weighted by molar-refractivity contribution is 0.0955. The molecule has 0 unspecified atom stereocenters. The minimum atomic E-state index is -0.639. The number of halogens is 2. The number of benzene rings is 1. The highest BCUT2D eigenvalue weighted by Gasteiger charge is 2.19. The molecule has 0 radical (unpaired) electrons. The molecule has 0 saturated heterocycles. The number of carbonyl (C=O) groups is 1. The van der Waals surface area contributed by atoms with Gasteiger partial charge in [-0.3, -0.25) is 4.79 Å². The van der Waals surface area contributed by atoms with Crippen LogP contribution in [0.15, 0.2) is 11.2 Å². The van der Waals surface area contributed by atoms with E-state index in [0.717, 1.165) is 6.07 Å². The normalized spacial score (nSPS) is 10.7. The van der Waals surface area contributed by atoms with Gasteiger partial charge in [-0.1, -0.05) is 23.2 Å². The second-order valence-electron chi connectivity index (χ2n) is 2.75. The predicted molar refractivity (Wildman–Crippen MR) is 61.4 cm³/mol. The number of carbonyl (C=O) groups excluding carboxylic acids is 1. The van der Waals surface area contributed by atoms with E-state index >= 15 is 0 Å². The molecule has 0 saturated carbocycles. The number of rotatable bonds is 2. The summed E-state index contributed by atoms with van der Waals surface area (Å²) in [5.41, 5.74) is 2.08. The first kappa shape index (κ1) is 12.6. The topological polar surface area (TPSA) is 81.9 Å². The molecule has 0 atom stereocenters. The van der Waals surface area contributed by atoms with Crippen molar-refractivity contribution in [1.29, 1.82) is 0 Å². The highest BCUT2D eigenvalue weighted by Crippen LogP contribution is 2.41. The molecule has 0 aromatic heterocycles. The molecule has 3 N–H and O–H groups in total. The van der Waals surface area contributed by atoms with Crippen molar-refractivity contribution in [3.63, 3.8) is 0 Å². The smallest absolute Gasteiger partial charge is 0.273 e. The quantitative estimate of drug-likeness (QED) is 0.434. The van der Waals surface area contributed by atoms with E-state index in [9.17, 15) is 15.0 Å². The third kappa shape index (κ3) is 2.37. The average molecular weight is 263 g/mol. The van der Waals surface area contributed by atoms with Gasteiger partial charge in [0.05, 0.1) is 15.6 Å². The zero-order chi connectivity index (χ0) is 12.3. The van der Waals surface area contributed by atoms with Crippen LogP contribution in [0.5, 0.6) is 11.5 Å². The van der Waals surface area contributed by atoms with Gasteiger partial charge in [-0.15, -0.1) is 0 Å². The second-order valence-corrected chi connectivity index (χ2v) is 3.53. The van der Waals surface area contributed by atoms with Gasteiger partial charge in [0.2, 0.25) is 0 Å². The number of nitrogens with one attached hydrogen (secondary N) is 1. The Balaban J connectivity index is 3.20. The number of amides is 1. The minimum absolute atomic E-state index is 0.0763. The number of nitrogens with zero attached hydrogens (tertiary/aromatic N) is 1. The van der Waals surface area contributed by atoms with Crippen LogP contribution in [0.4, 0.5) is 0 Å². The van der Waals surface area contributed by atoms with Crippen LogP contribution in [0.2, 0.25) is 10.0 Å². The van der Waals surface area contributed by atoms with Gasteiger partial charge in [-0.05, 0) is 13.0 Å². The number of hydrogen-bond donors (Lipinski definition) is 3. The van der Waals surface area contributed by atoms with Crippen LogP contribution < -0.4 is 5.43 Å². The summed E-state index contributed by atoms with van der Waals surface area (Å²) in [5, 5.41) is 21.6. The number of hydrazone groups is 1. The van der Waals surface area contributed by atoms with Crippen LogP contribution in [0, 0.1) is 0 Å². The van der Waals surface area contributed by atoms with Crippen LogP contribution in [-0.2, 0) is 0 Å². The summed E-state index contributed by atoms with van der Waals surface area (Å²) < 4.78 is 0. The molecular weight excluding hydrogens is 255 g/mol. The van der Waals surface area contributed by atoms with Gasteiger partial charge in [0.1, 0.15) is 0 Å². The van der Waals surface area contributed by atoms with Gasteiger partial charge in [0.15, 0.2) is 11.5 Å². The molecule has 0 aliphatic heterocycles. The largest absolute Gasteiger partial charge is 0.503 e. The fourth-order valence-electron chi connectivity index (χ4n) is 0.952. The molecular formula is C9H8Cl2N2O3. The zero-order valence-electron chi connectivity index (χ0n) is 8.16. The molecule has 1 aromatic rings. The number of phenols is 2. The highest BCUT2D eigenvalue weighted by atomic mass is 35.5. The third-order valence-electron chi connectivity index (χ3n) is 1.71. The molecule has 1 amide bonds. The molecule has 1 rings (SSSR count). The van der Waals surface area contributed by atoms with E-state index in [-0.39, 0.29) is 15.6 Å². The summed E-state index contributed by atoms with van der Waals surface area (Å²) in [7, 11) is 0. The lowest BCUT2D eigenvalue weighted by Gasteiger charge is -2.07. The van der Waals surface area contributed by atoms with Crippen molar-refractivity contribution in [1.82, 2.24) is 5.43 Å². The van der Waals surface area contributed by atoms with Crippen molar-refractivity contribution in [2.75, 3.05) is 0 Å². The Bertz CT molecular complexity index is 461. The Kier molecular flexibility index (Phi) is 3.98. The van der Waals surface area contributed by atoms with E-state index < -0.39 is 17.4 Å². The summed E-state index contributed by atoms with van der Waals surface area (Å²) in [6, 6.07) is 1.14. The minimum Gasteiger partial charge on any atom is -0.503 e. The Hall–Kier alpha value is -1.46. The van der Waals surface area contributed by atoms with Crippen LogP contribution >= 0.6 is 23.2 Å². The van der Waals surface area contributed by atoms with Gasteiger partial charge in [0, 0.05) is 6.21 Å². The van der Waals surface area contributed by atoms with Crippen molar-refractivity contribution in [2.45, 2.75) is 6.92 Å². The van der Waals surface area contributed by atoms with Gasteiger partial charge in [-0.2, -0.15) is 5.10 Å². The van der Waals surface area contributed by atoms with E-state index in [2.05, 4.69) is 10.5 Å². The zero-order valence-corrected chi connectivity index (χ0v) is 9.67. The number of phenolic OH excluding ortho intramolecular Hbond substituents is 2. The third-order valence-corrected chi connectivity index (χ3v) is 2.38. The SMILES string of the molecule is C/C=N/NC(=O)c1cc(Cl)c(O)c(O)c1Cl. The van der Waals surface area contributed by atoms with E-state index in [1.54, 1.807) is 6.92 Å². The molecule has 0 spiro atoms. The Morgan fingerprint density at radius 3 is 2.62 bits per heavy atom. The summed E-state index contributed by atoms with van der Waals surface area (Å²) in [6.45, 7) is 1.61. The van der Waals surface area contributed by atoms with Gasteiger partial charge < -0.3 is 10.2 Å². The van der Waals surface area contributed by atoms with Crippen molar-refractivity contribution in [3.05, 3.63) is 21.7 Å². The lowest BCUT2D eigenvalue weighted by Crippen LogP contribution is -2.17. The fourth-order valence-corrected chi connectivity index (χ4v) is 1.38.